The molecule has 0 unspecified atom stereocenters. The largest absolute Gasteiger partial charge is 0.324 e. The molecular formula is C15H11Br2N5OS. The van der Waals surface area contributed by atoms with Crippen molar-refractivity contribution in [1.29, 1.82) is 0 Å². The monoisotopic (exact) mass is 467 g/mol. The van der Waals surface area contributed by atoms with Gasteiger partial charge >= 0.3 is 0 Å². The van der Waals surface area contributed by atoms with Gasteiger partial charge in [0.1, 0.15) is 0 Å². The summed E-state index contributed by atoms with van der Waals surface area (Å²) in [5.74, 6) is 0.733. The molecule has 0 bridgehead atoms. The van der Waals surface area contributed by atoms with Crippen molar-refractivity contribution in [3.05, 3.63) is 51.7 Å². The number of H-pyrrole nitrogens is 1. The second kappa shape index (κ2) is 7.91. The highest BCUT2D eigenvalue weighted by molar-refractivity contribution is 9.11. The number of thioether (sulfide) groups is 1. The fraction of sp³-hybridized carbons (Fsp3) is 0.0667. The molecule has 122 valence electrons. The second-order valence-corrected chi connectivity index (χ2v) is 7.38. The topological polar surface area (TPSA) is 83.6 Å². The normalized spacial score (nSPS) is 10.6. The number of benzene rings is 1. The summed E-state index contributed by atoms with van der Waals surface area (Å²) in [6.07, 6.45) is 3.38. The van der Waals surface area contributed by atoms with Crippen LogP contribution in [0.4, 0.5) is 5.69 Å². The number of aromatic nitrogens is 4. The number of nitrogens with one attached hydrogen (secondary N) is 2. The third-order valence-corrected chi connectivity index (χ3v) is 4.99. The molecule has 1 amide bonds. The van der Waals surface area contributed by atoms with Crippen molar-refractivity contribution in [2.45, 2.75) is 5.16 Å². The van der Waals surface area contributed by atoms with E-state index in [1.54, 1.807) is 12.4 Å². The Balaban J connectivity index is 1.59. The van der Waals surface area contributed by atoms with Gasteiger partial charge in [0.05, 0.1) is 11.4 Å². The molecule has 2 heterocycles. The summed E-state index contributed by atoms with van der Waals surface area (Å²) in [6.45, 7) is 0. The van der Waals surface area contributed by atoms with E-state index in [9.17, 15) is 4.79 Å². The van der Waals surface area contributed by atoms with Crippen LogP contribution < -0.4 is 5.32 Å². The highest BCUT2D eigenvalue weighted by Crippen LogP contribution is 2.26. The maximum atomic E-state index is 12.1. The smallest absolute Gasteiger partial charge is 0.234 e. The maximum Gasteiger partial charge on any atom is 0.234 e. The lowest BCUT2D eigenvalue weighted by Gasteiger charge is -2.07. The molecule has 0 saturated carbocycles. The second-order valence-electron chi connectivity index (χ2n) is 4.66. The van der Waals surface area contributed by atoms with Crippen LogP contribution in [0.5, 0.6) is 0 Å². The summed E-state index contributed by atoms with van der Waals surface area (Å²) < 4.78 is 1.71. The molecule has 0 saturated heterocycles. The molecule has 2 N–H and O–H groups in total. The van der Waals surface area contributed by atoms with Crippen molar-refractivity contribution in [2.24, 2.45) is 0 Å². The predicted molar refractivity (Wildman–Crippen MR) is 101 cm³/mol. The van der Waals surface area contributed by atoms with Gasteiger partial charge in [-0.2, -0.15) is 0 Å². The van der Waals surface area contributed by atoms with Crippen LogP contribution in [-0.4, -0.2) is 31.8 Å². The molecule has 0 atom stereocenters. The molecule has 2 aromatic heterocycles. The number of hydrogen-bond donors (Lipinski definition) is 2. The average molecular weight is 469 g/mol. The molecular weight excluding hydrogens is 458 g/mol. The molecule has 6 nitrogen and oxygen atoms in total. The summed E-state index contributed by atoms with van der Waals surface area (Å²) in [5.41, 5.74) is 1.61. The van der Waals surface area contributed by atoms with E-state index < -0.39 is 0 Å². The molecule has 0 radical (unpaired) electrons. The molecule has 0 aliphatic rings. The van der Waals surface area contributed by atoms with Gasteiger partial charge in [-0.05, 0) is 46.3 Å². The Kier molecular flexibility index (Phi) is 5.64. The van der Waals surface area contributed by atoms with Crippen molar-refractivity contribution in [3.8, 4) is 11.4 Å². The summed E-state index contributed by atoms with van der Waals surface area (Å²) >= 11 is 8.05. The first-order chi connectivity index (χ1) is 11.6. The van der Waals surface area contributed by atoms with E-state index in [0.29, 0.717) is 16.7 Å². The van der Waals surface area contributed by atoms with E-state index in [-0.39, 0.29) is 11.7 Å². The van der Waals surface area contributed by atoms with Gasteiger partial charge in [0.25, 0.3) is 0 Å². The minimum absolute atomic E-state index is 0.130. The van der Waals surface area contributed by atoms with Crippen molar-refractivity contribution in [2.75, 3.05) is 11.1 Å². The van der Waals surface area contributed by atoms with Crippen LogP contribution in [0.15, 0.2) is 56.8 Å². The standard InChI is InChI=1S/C15H11Br2N5OS/c16-10-1-2-11(17)12(7-10)19-13(23)8-24-15-20-14(21-22-15)9-3-5-18-6-4-9/h1-7H,8H2,(H,19,23)(H,20,21,22). The number of pyridine rings is 1. The minimum atomic E-state index is -0.130. The van der Waals surface area contributed by atoms with Gasteiger partial charge in [-0.25, -0.2) is 4.98 Å². The average Bonchev–Trinajstić information content (AvgIpc) is 3.06. The zero-order chi connectivity index (χ0) is 16.9. The lowest BCUT2D eigenvalue weighted by molar-refractivity contribution is -0.113. The van der Waals surface area contributed by atoms with Crippen LogP contribution in [0.3, 0.4) is 0 Å². The van der Waals surface area contributed by atoms with Crippen molar-refractivity contribution >= 4 is 55.2 Å². The number of carbonyl (C=O) groups is 1. The van der Waals surface area contributed by atoms with Gasteiger partial charge in [0.15, 0.2) is 5.82 Å². The molecule has 0 aliphatic heterocycles. The zero-order valence-corrected chi connectivity index (χ0v) is 16.2. The SMILES string of the molecule is O=C(CSc1n[nH]c(-c2ccncc2)n1)Nc1cc(Br)ccc1Br. The van der Waals surface area contributed by atoms with Gasteiger partial charge in [0, 0.05) is 26.9 Å². The van der Waals surface area contributed by atoms with Gasteiger partial charge in [-0.15, -0.1) is 5.10 Å². The lowest BCUT2D eigenvalue weighted by Crippen LogP contribution is -2.14. The Bertz CT molecular complexity index is 856. The molecule has 9 heteroatoms. The molecule has 24 heavy (non-hydrogen) atoms. The van der Waals surface area contributed by atoms with Gasteiger partial charge < -0.3 is 5.32 Å². The number of amides is 1. The molecule has 1 aromatic carbocycles. The summed E-state index contributed by atoms with van der Waals surface area (Å²) in [7, 11) is 0. The van der Waals surface area contributed by atoms with Crippen LogP contribution >= 0.6 is 43.6 Å². The van der Waals surface area contributed by atoms with Crippen LogP contribution in [-0.2, 0) is 4.79 Å². The third kappa shape index (κ3) is 4.43. The third-order valence-electron chi connectivity index (χ3n) is 2.95. The van der Waals surface area contributed by atoms with E-state index in [1.165, 1.54) is 11.8 Å². The quantitative estimate of drug-likeness (QED) is 0.550. The van der Waals surface area contributed by atoms with E-state index in [0.717, 1.165) is 14.5 Å². The fourth-order valence-electron chi connectivity index (χ4n) is 1.86. The minimum Gasteiger partial charge on any atom is -0.324 e. The number of rotatable bonds is 5. The highest BCUT2D eigenvalue weighted by Gasteiger charge is 2.10. The molecule has 0 spiro atoms. The Hall–Kier alpha value is -1.71. The van der Waals surface area contributed by atoms with E-state index in [1.807, 2.05) is 30.3 Å². The van der Waals surface area contributed by atoms with Crippen LogP contribution in [0.25, 0.3) is 11.4 Å². The zero-order valence-electron chi connectivity index (χ0n) is 12.2. The Morgan fingerprint density at radius 3 is 2.79 bits per heavy atom. The number of nitrogens with zero attached hydrogens (tertiary/aromatic N) is 3. The van der Waals surface area contributed by atoms with E-state index in [4.69, 9.17) is 0 Å². The number of hydrogen-bond acceptors (Lipinski definition) is 5. The summed E-state index contributed by atoms with van der Waals surface area (Å²) in [5, 5.41) is 10.3. The predicted octanol–water partition coefficient (Wildman–Crippen LogP) is 4.12. The van der Waals surface area contributed by atoms with E-state index >= 15 is 0 Å². The Morgan fingerprint density at radius 1 is 1.21 bits per heavy atom. The summed E-state index contributed by atoms with van der Waals surface area (Å²) in [6, 6.07) is 9.27. The lowest BCUT2D eigenvalue weighted by atomic mass is 10.3. The van der Waals surface area contributed by atoms with E-state index in [2.05, 4.69) is 57.3 Å². The Morgan fingerprint density at radius 2 is 2.00 bits per heavy atom. The van der Waals surface area contributed by atoms with Gasteiger partial charge in [0.2, 0.25) is 11.1 Å². The van der Waals surface area contributed by atoms with Crippen LogP contribution in [0, 0.1) is 0 Å². The first-order valence-electron chi connectivity index (χ1n) is 6.82. The van der Waals surface area contributed by atoms with Crippen LogP contribution in [0.1, 0.15) is 0 Å². The number of anilines is 1. The highest BCUT2D eigenvalue weighted by atomic mass is 79.9. The first-order valence-corrected chi connectivity index (χ1v) is 9.39. The maximum absolute atomic E-state index is 12.1. The fourth-order valence-corrected chi connectivity index (χ4v) is 3.16. The number of carbonyl (C=O) groups excluding carboxylic acids is 1. The van der Waals surface area contributed by atoms with Gasteiger partial charge in [-0.1, -0.05) is 27.7 Å². The van der Waals surface area contributed by atoms with Crippen molar-refractivity contribution in [1.82, 2.24) is 20.2 Å². The van der Waals surface area contributed by atoms with Crippen LogP contribution in [0.2, 0.25) is 0 Å². The van der Waals surface area contributed by atoms with Gasteiger partial charge in [-0.3, -0.25) is 14.9 Å². The first kappa shape index (κ1) is 17.1. The summed E-state index contributed by atoms with van der Waals surface area (Å²) in [4.78, 5) is 20.4. The molecule has 3 rings (SSSR count). The molecule has 3 aromatic rings. The molecule has 0 aliphatic carbocycles. The number of aromatic amines is 1. The Labute approximate surface area is 159 Å². The van der Waals surface area contributed by atoms with Crippen molar-refractivity contribution < 1.29 is 4.79 Å². The van der Waals surface area contributed by atoms with Crippen molar-refractivity contribution in [3.63, 3.8) is 0 Å². The number of halogens is 2. The molecule has 0 fully saturated rings.